The first-order valence-corrected chi connectivity index (χ1v) is 15.2. The van der Waals surface area contributed by atoms with Crippen LogP contribution in [-0.4, -0.2) is 54.1 Å². The predicted octanol–water partition coefficient (Wildman–Crippen LogP) is 3.55. The van der Waals surface area contributed by atoms with Gasteiger partial charge < -0.3 is 26.1 Å². The van der Waals surface area contributed by atoms with Crippen molar-refractivity contribution in [2.75, 3.05) is 12.7 Å². The molecule has 0 aliphatic carbocycles. The standard InChI is InChI=1S/C26H31N2OP.2C2HF3O2/c1-2-25(27)26(29)28-20-12-13-21-30(22-14-6-3-7-15-22,23-16-8-4-9-17-23)24-18-10-5-11-19-24;2*3-2(4,5)1(6)7/h3-11,14-19,25H,2,12-13,20-21,27H2,1H3;2*(H,6,7)/t25-;;/m0../s1. The fourth-order valence-corrected chi connectivity index (χ4v) is 8.29. The van der Waals surface area contributed by atoms with E-state index < -0.39 is 37.6 Å². The minimum atomic E-state index is -5.19. The van der Waals surface area contributed by atoms with E-state index >= 15 is 0 Å². The Balaban J connectivity index is 0.000000574. The average molecular weight is 647 g/mol. The van der Waals surface area contributed by atoms with Crippen molar-refractivity contribution in [2.45, 2.75) is 44.6 Å². The van der Waals surface area contributed by atoms with E-state index in [9.17, 15) is 31.1 Å². The zero-order valence-electron chi connectivity index (χ0n) is 23.6. The van der Waals surface area contributed by atoms with Gasteiger partial charge in [-0.05, 0) is 55.7 Å². The Morgan fingerprint density at radius 2 is 1.11 bits per heavy atom. The lowest BCUT2D eigenvalue weighted by Crippen LogP contribution is -2.40. The number of carboxylic acid groups (broad SMARTS) is 2. The average Bonchev–Trinajstić information content (AvgIpc) is 2.99. The molecule has 240 valence electrons. The number of benzene rings is 3. The number of halogens is 6. The number of nitrogens with two attached hydrogens (primary N) is 1. The molecule has 4 N–H and O–H groups in total. The van der Waals surface area contributed by atoms with Gasteiger partial charge in [0.05, 0.1) is 12.2 Å². The molecule has 0 spiro atoms. The van der Waals surface area contributed by atoms with Crippen LogP contribution in [0.15, 0.2) is 91.0 Å². The van der Waals surface area contributed by atoms with Crippen LogP contribution in [0.25, 0.3) is 0 Å². The summed E-state index contributed by atoms with van der Waals surface area (Å²) >= 11 is 0. The van der Waals surface area contributed by atoms with Gasteiger partial charge in [0.15, 0.2) is 0 Å². The first-order chi connectivity index (χ1) is 20.6. The van der Waals surface area contributed by atoms with Crippen LogP contribution in [0.3, 0.4) is 0 Å². The maximum atomic E-state index is 12.0. The lowest BCUT2D eigenvalue weighted by Gasteiger charge is -2.27. The summed E-state index contributed by atoms with van der Waals surface area (Å²) in [5, 5.41) is 23.1. The number of alkyl halides is 6. The molecule has 0 heterocycles. The molecule has 0 saturated heterocycles. The van der Waals surface area contributed by atoms with Crippen molar-refractivity contribution in [1.82, 2.24) is 5.32 Å². The van der Waals surface area contributed by atoms with E-state index in [0.717, 1.165) is 19.0 Å². The van der Waals surface area contributed by atoms with Gasteiger partial charge in [-0.25, -0.2) is 4.79 Å². The molecular weight excluding hydrogens is 613 g/mol. The van der Waals surface area contributed by atoms with Crippen LogP contribution in [0.5, 0.6) is 0 Å². The number of unbranched alkanes of at least 4 members (excludes halogenated alkanes) is 1. The number of nitrogens with one attached hydrogen (secondary N) is 1. The Hall–Kier alpha value is -3.96. The molecule has 1 amide bonds. The van der Waals surface area contributed by atoms with Crippen molar-refractivity contribution in [1.29, 1.82) is 0 Å². The summed E-state index contributed by atoms with van der Waals surface area (Å²) in [6.07, 6.45) is -6.57. The van der Waals surface area contributed by atoms with E-state index in [1.807, 2.05) is 6.92 Å². The highest BCUT2D eigenvalue weighted by Gasteiger charge is 2.44. The minimum Gasteiger partial charge on any atom is -0.542 e. The van der Waals surface area contributed by atoms with Gasteiger partial charge in [0.2, 0.25) is 5.91 Å². The van der Waals surface area contributed by atoms with Crippen molar-refractivity contribution in [3.05, 3.63) is 91.0 Å². The monoisotopic (exact) mass is 646 g/mol. The van der Waals surface area contributed by atoms with Gasteiger partial charge in [-0.2, -0.15) is 26.3 Å². The first kappa shape index (κ1) is 38.1. The van der Waals surface area contributed by atoms with E-state index in [4.69, 9.17) is 25.5 Å². The zero-order chi connectivity index (χ0) is 33.4. The molecule has 0 unspecified atom stereocenters. The molecule has 0 aliphatic heterocycles. The van der Waals surface area contributed by atoms with Crippen molar-refractivity contribution in [3.8, 4) is 0 Å². The predicted molar refractivity (Wildman–Crippen MR) is 155 cm³/mol. The number of rotatable bonds is 10. The fourth-order valence-electron chi connectivity index (χ4n) is 3.88. The third-order valence-corrected chi connectivity index (χ3v) is 10.6. The van der Waals surface area contributed by atoms with Crippen LogP contribution in [-0.2, 0) is 14.4 Å². The number of carboxylic acids is 2. The van der Waals surface area contributed by atoms with E-state index in [1.54, 1.807) is 0 Å². The van der Waals surface area contributed by atoms with Crippen molar-refractivity contribution < 1.29 is 50.9 Å². The third kappa shape index (κ3) is 12.3. The van der Waals surface area contributed by atoms with E-state index in [2.05, 4.69) is 96.3 Å². The third-order valence-electron chi connectivity index (χ3n) is 6.06. The Morgan fingerprint density at radius 3 is 1.39 bits per heavy atom. The molecule has 0 aromatic heterocycles. The van der Waals surface area contributed by atoms with Crippen LogP contribution in [0.1, 0.15) is 26.2 Å². The minimum absolute atomic E-state index is 0.0484. The van der Waals surface area contributed by atoms with Crippen LogP contribution >= 0.6 is 7.26 Å². The first-order valence-electron chi connectivity index (χ1n) is 13.2. The summed E-state index contributed by atoms with van der Waals surface area (Å²) in [5.74, 6) is -5.81. The highest BCUT2D eigenvalue weighted by Crippen LogP contribution is 2.55. The number of amides is 1. The Bertz CT molecular complexity index is 1170. The summed E-state index contributed by atoms with van der Waals surface area (Å²) in [7, 11) is -1.78. The number of aliphatic carboxylic acids is 2. The Labute approximate surface area is 251 Å². The van der Waals surface area contributed by atoms with Gasteiger partial charge in [-0.1, -0.05) is 61.5 Å². The van der Waals surface area contributed by atoms with E-state index in [-0.39, 0.29) is 5.91 Å². The van der Waals surface area contributed by atoms with Crippen LogP contribution in [0, 0.1) is 0 Å². The topological polar surface area (TPSA) is 133 Å². The second kappa shape index (κ2) is 18.0. The van der Waals surface area contributed by atoms with Gasteiger partial charge in [-0.3, -0.25) is 4.79 Å². The summed E-state index contributed by atoms with van der Waals surface area (Å²) < 4.78 is 63.3. The number of carbonyl (C=O) groups excluding carboxylic acids is 2. The fraction of sp³-hybridized carbons (Fsp3) is 0.300. The second-order valence-electron chi connectivity index (χ2n) is 9.14. The van der Waals surface area contributed by atoms with E-state index in [1.165, 1.54) is 15.9 Å². The van der Waals surface area contributed by atoms with Crippen molar-refractivity contribution in [2.24, 2.45) is 5.73 Å². The molecule has 0 fully saturated rings. The molecule has 3 aromatic rings. The molecule has 44 heavy (non-hydrogen) atoms. The summed E-state index contributed by atoms with van der Waals surface area (Å²) in [5.41, 5.74) is 5.82. The normalized spacial score (nSPS) is 12.0. The Kier molecular flexibility index (Phi) is 15.6. The maximum absolute atomic E-state index is 12.0. The van der Waals surface area contributed by atoms with Gasteiger partial charge in [0.1, 0.15) is 29.1 Å². The summed E-state index contributed by atoms with van der Waals surface area (Å²) in [6.45, 7) is 2.60. The molecule has 3 aromatic carbocycles. The molecule has 0 bridgehead atoms. The smallest absolute Gasteiger partial charge is 0.490 e. The molecule has 7 nitrogen and oxygen atoms in total. The quantitative estimate of drug-likeness (QED) is 0.176. The van der Waals surface area contributed by atoms with Crippen molar-refractivity contribution >= 4 is 41.0 Å². The van der Waals surface area contributed by atoms with Crippen molar-refractivity contribution in [3.63, 3.8) is 0 Å². The second-order valence-corrected chi connectivity index (χ2v) is 12.8. The van der Waals surface area contributed by atoms with Gasteiger partial charge >= 0.3 is 18.3 Å². The number of carbonyl (C=O) groups is 3. The Morgan fingerprint density at radius 1 is 0.773 bits per heavy atom. The summed E-state index contributed by atoms with van der Waals surface area (Å²) in [4.78, 5) is 29.6. The zero-order valence-corrected chi connectivity index (χ0v) is 24.5. The largest absolute Gasteiger partial charge is 0.542 e. The molecule has 14 heteroatoms. The van der Waals surface area contributed by atoms with E-state index in [0.29, 0.717) is 13.0 Å². The lowest BCUT2D eigenvalue weighted by atomic mass is 10.2. The highest BCUT2D eigenvalue weighted by atomic mass is 31.2. The SMILES string of the molecule is CC[C@H](N)C(=O)NCCCC[P+](c1ccccc1)(c1ccccc1)c1ccccc1.O=C(O)C(F)(F)F.O=C([O-])C(F)(F)F. The molecule has 0 aliphatic rings. The molecule has 0 radical (unpaired) electrons. The maximum Gasteiger partial charge on any atom is 0.490 e. The number of hydrogen-bond donors (Lipinski definition) is 3. The molecule has 3 rings (SSSR count). The van der Waals surface area contributed by atoms with Gasteiger partial charge in [0, 0.05) is 6.54 Å². The molecular formula is C30H33F6N2O5P. The molecule has 1 atom stereocenters. The number of hydrogen-bond acceptors (Lipinski definition) is 5. The summed E-state index contributed by atoms with van der Waals surface area (Å²) in [6, 6.07) is 32.3. The van der Waals surface area contributed by atoms with Crippen LogP contribution in [0.2, 0.25) is 0 Å². The van der Waals surface area contributed by atoms with Gasteiger partial charge in [-0.15, -0.1) is 0 Å². The van der Waals surface area contributed by atoms with Gasteiger partial charge in [0.25, 0.3) is 0 Å². The highest BCUT2D eigenvalue weighted by molar-refractivity contribution is 7.95. The van der Waals surface area contributed by atoms with Crippen LogP contribution in [0.4, 0.5) is 26.3 Å². The molecule has 0 saturated carbocycles. The van der Waals surface area contributed by atoms with Crippen LogP contribution < -0.4 is 32.1 Å². The lowest BCUT2D eigenvalue weighted by molar-refractivity contribution is -0.344.